The second kappa shape index (κ2) is 5.54. The number of anilines is 1. The summed E-state index contributed by atoms with van der Waals surface area (Å²) < 4.78 is 0. The predicted molar refractivity (Wildman–Crippen MR) is 64.1 cm³/mol. The molecule has 0 heterocycles. The smallest absolute Gasteiger partial charge is 0.223 e. The molecule has 1 aromatic carbocycles. The van der Waals surface area contributed by atoms with Gasteiger partial charge in [0.05, 0.1) is 0 Å². The number of nitrogens with zero attached hydrogens (tertiary/aromatic N) is 1. The summed E-state index contributed by atoms with van der Waals surface area (Å²) in [4.78, 5) is 13.2. The maximum Gasteiger partial charge on any atom is 0.223 e. The van der Waals surface area contributed by atoms with Crippen molar-refractivity contribution in [3.8, 4) is 0 Å². The normalized spacial score (nSPS) is 10.1. The Balaban J connectivity index is 2.86. The van der Waals surface area contributed by atoms with Crippen molar-refractivity contribution in [2.45, 2.75) is 33.6 Å². The molecular weight excluding hydrogens is 186 g/mol. The van der Waals surface area contributed by atoms with Gasteiger partial charge in [-0.15, -0.1) is 0 Å². The van der Waals surface area contributed by atoms with E-state index in [9.17, 15) is 4.79 Å². The molecule has 0 aromatic heterocycles. The van der Waals surface area contributed by atoms with Gasteiger partial charge in [-0.2, -0.15) is 0 Å². The maximum atomic E-state index is 11.4. The lowest BCUT2D eigenvalue weighted by Crippen LogP contribution is -2.28. The summed E-state index contributed by atoms with van der Waals surface area (Å²) in [6.45, 7) is 6.62. The molecule has 0 radical (unpaired) electrons. The highest BCUT2D eigenvalue weighted by atomic mass is 16.2. The van der Waals surface area contributed by atoms with Gasteiger partial charge in [0.1, 0.15) is 0 Å². The minimum Gasteiger partial charge on any atom is -0.313 e. The molecule has 0 saturated heterocycles. The molecule has 1 amide bonds. The first kappa shape index (κ1) is 11.8. The van der Waals surface area contributed by atoms with Gasteiger partial charge in [-0.25, -0.2) is 0 Å². The van der Waals surface area contributed by atoms with Gasteiger partial charge >= 0.3 is 0 Å². The van der Waals surface area contributed by atoms with Crippen LogP contribution in [0.25, 0.3) is 0 Å². The van der Waals surface area contributed by atoms with Crippen LogP contribution in [0.2, 0.25) is 0 Å². The van der Waals surface area contributed by atoms with Crippen LogP contribution in [-0.4, -0.2) is 12.5 Å². The van der Waals surface area contributed by atoms with Crippen molar-refractivity contribution in [2.75, 3.05) is 11.4 Å². The number of aryl methyl sites for hydroxylation is 1. The van der Waals surface area contributed by atoms with E-state index in [1.807, 2.05) is 17.0 Å². The van der Waals surface area contributed by atoms with Gasteiger partial charge in [0, 0.05) is 19.2 Å². The van der Waals surface area contributed by atoms with Crippen molar-refractivity contribution in [2.24, 2.45) is 0 Å². The van der Waals surface area contributed by atoms with Crippen LogP contribution >= 0.6 is 0 Å². The van der Waals surface area contributed by atoms with Crippen molar-refractivity contribution < 1.29 is 4.79 Å². The summed E-state index contributed by atoms with van der Waals surface area (Å²) in [5.74, 6) is 0.112. The first-order valence-electron chi connectivity index (χ1n) is 5.56. The van der Waals surface area contributed by atoms with Crippen LogP contribution in [0.15, 0.2) is 24.3 Å². The Labute approximate surface area is 91.9 Å². The lowest BCUT2D eigenvalue weighted by molar-refractivity contribution is -0.116. The van der Waals surface area contributed by atoms with Crippen LogP contribution in [-0.2, 0) is 11.2 Å². The molecule has 0 N–H and O–H groups in total. The highest BCUT2D eigenvalue weighted by Crippen LogP contribution is 2.16. The Morgan fingerprint density at radius 2 is 1.80 bits per heavy atom. The van der Waals surface area contributed by atoms with Gasteiger partial charge in [-0.1, -0.05) is 26.0 Å². The van der Waals surface area contributed by atoms with E-state index in [4.69, 9.17) is 0 Å². The molecule has 2 heteroatoms. The zero-order valence-corrected chi connectivity index (χ0v) is 9.79. The third kappa shape index (κ3) is 3.08. The Bertz CT molecular complexity index is 316. The summed E-state index contributed by atoms with van der Waals surface area (Å²) in [5.41, 5.74) is 2.31. The molecule has 0 saturated carbocycles. The van der Waals surface area contributed by atoms with Gasteiger partial charge in [0.25, 0.3) is 0 Å². The monoisotopic (exact) mass is 205 g/mol. The van der Waals surface area contributed by atoms with E-state index in [1.165, 1.54) is 5.56 Å². The summed E-state index contributed by atoms with van der Waals surface area (Å²) in [6, 6.07) is 8.22. The van der Waals surface area contributed by atoms with Crippen LogP contribution in [0.3, 0.4) is 0 Å². The van der Waals surface area contributed by atoms with Crippen LogP contribution in [0.5, 0.6) is 0 Å². The number of hydrogen-bond donors (Lipinski definition) is 0. The fourth-order valence-electron chi connectivity index (χ4n) is 1.60. The molecule has 1 aromatic rings. The van der Waals surface area contributed by atoms with Crippen LogP contribution in [0, 0.1) is 0 Å². The molecule has 0 spiro atoms. The van der Waals surface area contributed by atoms with Crippen LogP contribution in [0.4, 0.5) is 5.69 Å². The van der Waals surface area contributed by atoms with E-state index in [1.54, 1.807) is 6.92 Å². The number of rotatable bonds is 4. The van der Waals surface area contributed by atoms with E-state index < -0.39 is 0 Å². The third-order valence-electron chi connectivity index (χ3n) is 2.48. The average Bonchev–Trinajstić information content (AvgIpc) is 2.26. The standard InChI is InChI=1S/C13H19NO/c1-4-10-14(11(3)15)13-8-6-12(5-2)7-9-13/h6-9H,4-5,10H2,1-3H3. The SMILES string of the molecule is CCCN(C(C)=O)c1ccc(CC)cc1. The fraction of sp³-hybridized carbons (Fsp3) is 0.462. The number of hydrogen-bond acceptors (Lipinski definition) is 1. The zero-order valence-electron chi connectivity index (χ0n) is 9.79. The van der Waals surface area contributed by atoms with Crippen LogP contribution in [0.1, 0.15) is 32.8 Å². The molecule has 2 nitrogen and oxygen atoms in total. The average molecular weight is 205 g/mol. The van der Waals surface area contributed by atoms with Crippen molar-refractivity contribution >= 4 is 11.6 Å². The highest BCUT2D eigenvalue weighted by molar-refractivity contribution is 5.91. The molecule has 0 bridgehead atoms. The van der Waals surface area contributed by atoms with E-state index in [2.05, 4.69) is 26.0 Å². The lowest BCUT2D eigenvalue weighted by Gasteiger charge is -2.20. The molecule has 0 aliphatic heterocycles. The molecule has 0 unspecified atom stereocenters. The van der Waals surface area contributed by atoms with E-state index >= 15 is 0 Å². The zero-order chi connectivity index (χ0) is 11.3. The van der Waals surface area contributed by atoms with Crippen molar-refractivity contribution in [3.05, 3.63) is 29.8 Å². The Kier molecular flexibility index (Phi) is 4.35. The second-order valence-corrected chi connectivity index (χ2v) is 3.69. The summed E-state index contributed by atoms with van der Waals surface area (Å²) in [5, 5.41) is 0. The molecule has 0 atom stereocenters. The predicted octanol–water partition coefficient (Wildman–Crippen LogP) is 3.01. The molecule has 0 aliphatic rings. The summed E-state index contributed by atoms with van der Waals surface area (Å²) in [7, 11) is 0. The molecule has 0 aliphatic carbocycles. The van der Waals surface area contributed by atoms with Crippen molar-refractivity contribution in [1.82, 2.24) is 0 Å². The number of carbonyl (C=O) groups is 1. The van der Waals surface area contributed by atoms with E-state index in [0.717, 1.165) is 25.1 Å². The quantitative estimate of drug-likeness (QED) is 0.740. The summed E-state index contributed by atoms with van der Waals surface area (Å²) in [6.07, 6.45) is 2.02. The van der Waals surface area contributed by atoms with Crippen LogP contribution < -0.4 is 4.90 Å². The van der Waals surface area contributed by atoms with Gasteiger partial charge in [-0.3, -0.25) is 4.79 Å². The molecule has 1 rings (SSSR count). The highest BCUT2D eigenvalue weighted by Gasteiger charge is 2.09. The Morgan fingerprint density at radius 1 is 1.20 bits per heavy atom. The minimum absolute atomic E-state index is 0.112. The summed E-state index contributed by atoms with van der Waals surface area (Å²) >= 11 is 0. The molecule has 0 fully saturated rings. The fourth-order valence-corrected chi connectivity index (χ4v) is 1.60. The molecule has 82 valence electrons. The first-order valence-corrected chi connectivity index (χ1v) is 5.56. The second-order valence-electron chi connectivity index (χ2n) is 3.69. The van der Waals surface area contributed by atoms with E-state index in [0.29, 0.717) is 0 Å². The minimum atomic E-state index is 0.112. The number of amides is 1. The van der Waals surface area contributed by atoms with E-state index in [-0.39, 0.29) is 5.91 Å². The number of benzene rings is 1. The van der Waals surface area contributed by atoms with Gasteiger partial charge in [0.2, 0.25) is 5.91 Å². The third-order valence-corrected chi connectivity index (χ3v) is 2.48. The van der Waals surface area contributed by atoms with Crippen molar-refractivity contribution in [1.29, 1.82) is 0 Å². The Hall–Kier alpha value is -1.31. The maximum absolute atomic E-state index is 11.4. The lowest BCUT2D eigenvalue weighted by atomic mass is 10.1. The molecular formula is C13H19NO. The van der Waals surface area contributed by atoms with Gasteiger partial charge in [-0.05, 0) is 30.5 Å². The Morgan fingerprint density at radius 3 is 2.20 bits per heavy atom. The molecule has 15 heavy (non-hydrogen) atoms. The topological polar surface area (TPSA) is 20.3 Å². The first-order chi connectivity index (χ1) is 7.19. The van der Waals surface area contributed by atoms with Crippen molar-refractivity contribution in [3.63, 3.8) is 0 Å². The largest absolute Gasteiger partial charge is 0.313 e. The van der Waals surface area contributed by atoms with Gasteiger partial charge < -0.3 is 4.90 Å². The van der Waals surface area contributed by atoms with Gasteiger partial charge in [0.15, 0.2) is 0 Å². The number of carbonyl (C=O) groups excluding carboxylic acids is 1.